The Morgan fingerprint density at radius 1 is 1.30 bits per heavy atom. The average Bonchev–Trinajstić information content (AvgIpc) is 1.82. The zero-order valence-corrected chi connectivity index (χ0v) is 6.17. The second kappa shape index (κ2) is 4.87. The number of guanidine groups is 2. The molecule has 6 heteroatoms. The Morgan fingerprint density at radius 2 is 1.90 bits per heavy atom. The van der Waals surface area contributed by atoms with Crippen molar-refractivity contribution in [3.63, 3.8) is 0 Å². The van der Waals surface area contributed by atoms with E-state index in [1.165, 1.54) is 0 Å². The fourth-order valence-corrected chi connectivity index (χ4v) is 0.409. The number of hydrogen-bond donors (Lipinski definition) is 3. The van der Waals surface area contributed by atoms with Crippen molar-refractivity contribution in [3.8, 4) is 0 Å². The van der Waals surface area contributed by atoms with E-state index in [1.807, 2.05) is 0 Å². The molecule has 0 spiro atoms. The summed E-state index contributed by atoms with van der Waals surface area (Å²) in [5.41, 5.74) is 15.2. The van der Waals surface area contributed by atoms with Gasteiger partial charge in [-0.1, -0.05) is 0 Å². The summed E-state index contributed by atoms with van der Waals surface area (Å²) < 4.78 is 0. The number of nitrogens with two attached hydrogens (primary N) is 3. The summed E-state index contributed by atoms with van der Waals surface area (Å²) >= 11 is 5.31. The minimum Gasteiger partial charge on any atom is -0.370 e. The van der Waals surface area contributed by atoms with Crippen LogP contribution in [0, 0.1) is 0 Å². The summed E-state index contributed by atoms with van der Waals surface area (Å²) in [6.07, 6.45) is 0. The van der Waals surface area contributed by atoms with Gasteiger partial charge in [-0.25, -0.2) is 0 Å². The Morgan fingerprint density at radius 3 is 2.30 bits per heavy atom. The Hall–Kier alpha value is -0.970. The van der Waals surface area contributed by atoms with Crippen molar-refractivity contribution in [2.24, 2.45) is 27.2 Å². The molecule has 0 bridgehead atoms. The monoisotopic (exact) mass is 163 g/mol. The number of aliphatic imine (C=N–C) groups is 2. The number of alkyl halides is 1. The van der Waals surface area contributed by atoms with Gasteiger partial charge in [-0.2, -0.15) is 4.99 Å². The molecule has 0 fully saturated rings. The summed E-state index contributed by atoms with van der Waals surface area (Å²) in [6, 6.07) is 0. The quantitative estimate of drug-likeness (QED) is 0.271. The second-order valence-corrected chi connectivity index (χ2v) is 1.84. The summed E-state index contributed by atoms with van der Waals surface area (Å²) in [6.45, 7) is 0.421. The Kier molecular flexibility index (Phi) is 4.39. The molecule has 0 atom stereocenters. The van der Waals surface area contributed by atoms with Gasteiger partial charge in [0.15, 0.2) is 5.96 Å². The van der Waals surface area contributed by atoms with Crippen LogP contribution in [0.5, 0.6) is 0 Å². The van der Waals surface area contributed by atoms with Gasteiger partial charge in [0.25, 0.3) is 0 Å². The minimum absolute atomic E-state index is 0.0562. The van der Waals surface area contributed by atoms with Gasteiger partial charge in [0.05, 0.1) is 6.54 Å². The number of hydrogen-bond acceptors (Lipinski definition) is 1. The van der Waals surface area contributed by atoms with E-state index in [-0.39, 0.29) is 11.9 Å². The highest BCUT2D eigenvalue weighted by atomic mass is 35.5. The lowest BCUT2D eigenvalue weighted by molar-refractivity contribution is 1.12. The van der Waals surface area contributed by atoms with Crippen molar-refractivity contribution in [2.75, 3.05) is 12.4 Å². The topological polar surface area (TPSA) is 103 Å². The molecular weight excluding hydrogens is 154 g/mol. The van der Waals surface area contributed by atoms with Crippen LogP contribution < -0.4 is 17.2 Å². The van der Waals surface area contributed by atoms with Gasteiger partial charge in [0, 0.05) is 5.88 Å². The van der Waals surface area contributed by atoms with Crippen LogP contribution in [0.2, 0.25) is 0 Å². The molecule has 0 saturated heterocycles. The van der Waals surface area contributed by atoms with Gasteiger partial charge in [-0.05, 0) is 0 Å². The van der Waals surface area contributed by atoms with Crippen LogP contribution in [-0.4, -0.2) is 24.3 Å². The molecule has 5 nitrogen and oxygen atoms in total. The van der Waals surface area contributed by atoms with Gasteiger partial charge < -0.3 is 17.2 Å². The molecule has 0 aliphatic heterocycles. The lowest BCUT2D eigenvalue weighted by Gasteiger charge is -1.91. The van der Waals surface area contributed by atoms with Crippen LogP contribution in [0.4, 0.5) is 0 Å². The molecule has 0 heterocycles. The maximum atomic E-state index is 5.31. The first-order valence-corrected chi connectivity index (χ1v) is 3.15. The molecule has 0 aliphatic rings. The molecular formula is C4H10ClN5. The van der Waals surface area contributed by atoms with E-state index in [1.54, 1.807) is 0 Å². The molecule has 6 N–H and O–H groups in total. The predicted molar refractivity (Wildman–Crippen MR) is 43.0 cm³/mol. The van der Waals surface area contributed by atoms with Gasteiger partial charge in [0.1, 0.15) is 0 Å². The third kappa shape index (κ3) is 5.17. The zero-order chi connectivity index (χ0) is 7.98. The fraction of sp³-hybridized carbons (Fsp3) is 0.500. The van der Waals surface area contributed by atoms with E-state index in [9.17, 15) is 0 Å². The van der Waals surface area contributed by atoms with Crippen LogP contribution in [0.15, 0.2) is 9.98 Å². The molecule has 0 aromatic heterocycles. The third-order valence-corrected chi connectivity index (χ3v) is 0.771. The summed E-state index contributed by atoms with van der Waals surface area (Å²) in [5, 5.41) is 0. The van der Waals surface area contributed by atoms with Crippen molar-refractivity contribution in [1.29, 1.82) is 0 Å². The van der Waals surface area contributed by atoms with Crippen molar-refractivity contribution in [1.82, 2.24) is 0 Å². The third-order valence-electron chi connectivity index (χ3n) is 0.602. The van der Waals surface area contributed by atoms with E-state index in [0.29, 0.717) is 12.4 Å². The maximum absolute atomic E-state index is 5.31. The molecule has 0 saturated carbocycles. The standard InChI is InChI=1S/C4H10ClN5/c5-1-2-9-4(8)10-3(6)7/h1-2H2,(H6,6,7,8,9,10). The molecule has 0 aliphatic carbocycles. The van der Waals surface area contributed by atoms with Crippen LogP contribution >= 0.6 is 11.6 Å². The first-order valence-electron chi connectivity index (χ1n) is 2.62. The molecule has 0 unspecified atom stereocenters. The van der Waals surface area contributed by atoms with Gasteiger partial charge in [-0.15, -0.1) is 11.6 Å². The van der Waals surface area contributed by atoms with Gasteiger partial charge in [-0.3, -0.25) is 4.99 Å². The highest BCUT2D eigenvalue weighted by Crippen LogP contribution is 1.77. The number of halogens is 1. The molecule has 58 valence electrons. The molecule has 0 amide bonds. The van der Waals surface area contributed by atoms with Crippen molar-refractivity contribution >= 4 is 23.5 Å². The van der Waals surface area contributed by atoms with Crippen molar-refractivity contribution in [2.45, 2.75) is 0 Å². The van der Waals surface area contributed by atoms with Crippen molar-refractivity contribution in [3.05, 3.63) is 0 Å². The first kappa shape index (κ1) is 9.03. The largest absolute Gasteiger partial charge is 0.370 e. The van der Waals surface area contributed by atoms with E-state index < -0.39 is 0 Å². The Labute approximate surface area is 63.9 Å². The fourth-order valence-electron chi connectivity index (χ4n) is 0.324. The smallest absolute Gasteiger partial charge is 0.218 e. The van der Waals surface area contributed by atoms with Gasteiger partial charge >= 0.3 is 0 Å². The number of rotatable bonds is 2. The zero-order valence-electron chi connectivity index (χ0n) is 5.42. The Balaban J connectivity index is 3.82. The van der Waals surface area contributed by atoms with E-state index in [0.717, 1.165) is 0 Å². The highest BCUT2D eigenvalue weighted by Gasteiger charge is 1.85. The second-order valence-electron chi connectivity index (χ2n) is 1.47. The van der Waals surface area contributed by atoms with Crippen LogP contribution in [0.25, 0.3) is 0 Å². The molecule has 0 aromatic rings. The normalized spacial score (nSPS) is 11.1. The van der Waals surface area contributed by atoms with Gasteiger partial charge in [0.2, 0.25) is 5.96 Å². The van der Waals surface area contributed by atoms with Crippen LogP contribution in [0.3, 0.4) is 0 Å². The SMILES string of the molecule is NC(N)=NC(N)=NCCCl. The van der Waals surface area contributed by atoms with Crippen molar-refractivity contribution < 1.29 is 0 Å². The Bertz CT molecular complexity index is 148. The minimum atomic E-state index is -0.101. The van der Waals surface area contributed by atoms with E-state index in [2.05, 4.69) is 9.98 Å². The van der Waals surface area contributed by atoms with E-state index in [4.69, 9.17) is 28.8 Å². The molecule has 0 rings (SSSR count). The average molecular weight is 164 g/mol. The summed E-state index contributed by atoms with van der Waals surface area (Å²) in [5.74, 6) is 0.359. The molecule has 0 radical (unpaired) electrons. The maximum Gasteiger partial charge on any atom is 0.218 e. The van der Waals surface area contributed by atoms with Crippen LogP contribution in [0.1, 0.15) is 0 Å². The first-order chi connectivity index (χ1) is 4.66. The lowest BCUT2D eigenvalue weighted by atomic mass is 10.8. The molecule has 0 aromatic carbocycles. The lowest BCUT2D eigenvalue weighted by Crippen LogP contribution is -2.26. The highest BCUT2D eigenvalue weighted by molar-refractivity contribution is 6.18. The predicted octanol–water partition coefficient (Wildman–Crippen LogP) is -1.19. The van der Waals surface area contributed by atoms with Crippen LogP contribution in [-0.2, 0) is 0 Å². The summed E-state index contributed by atoms with van der Waals surface area (Å²) in [4.78, 5) is 7.15. The number of nitrogens with zero attached hydrogens (tertiary/aromatic N) is 2. The molecule has 10 heavy (non-hydrogen) atoms. The van der Waals surface area contributed by atoms with E-state index >= 15 is 0 Å². The summed E-state index contributed by atoms with van der Waals surface area (Å²) in [7, 11) is 0.